The molecule has 138 valence electrons. The van der Waals surface area contributed by atoms with Crippen molar-refractivity contribution in [3.63, 3.8) is 0 Å². The summed E-state index contributed by atoms with van der Waals surface area (Å²) in [4.78, 5) is 0. The molecule has 0 saturated carbocycles. The van der Waals surface area contributed by atoms with Crippen LogP contribution in [-0.4, -0.2) is 16.7 Å². The molecule has 1 aromatic heterocycles. The van der Waals surface area contributed by atoms with Crippen LogP contribution in [0.1, 0.15) is 41.6 Å². The maximum absolute atomic E-state index is 15.0. The van der Waals surface area contributed by atoms with Crippen molar-refractivity contribution in [1.82, 2.24) is 15.5 Å². The summed E-state index contributed by atoms with van der Waals surface area (Å²) in [5.74, 6) is -0.773. The van der Waals surface area contributed by atoms with Crippen LogP contribution in [0.25, 0.3) is 11.3 Å². The van der Waals surface area contributed by atoms with E-state index in [-0.39, 0.29) is 17.6 Å². The van der Waals surface area contributed by atoms with Gasteiger partial charge in [0, 0.05) is 18.0 Å². The molecular formula is C22H21F2N3. The van der Waals surface area contributed by atoms with Crippen molar-refractivity contribution in [1.29, 1.82) is 0 Å². The van der Waals surface area contributed by atoms with Gasteiger partial charge in [-0.1, -0.05) is 25.1 Å². The Labute approximate surface area is 157 Å². The highest BCUT2D eigenvalue weighted by Gasteiger charge is 2.25. The Morgan fingerprint density at radius 1 is 1.00 bits per heavy atom. The molecule has 27 heavy (non-hydrogen) atoms. The molecule has 0 fully saturated rings. The van der Waals surface area contributed by atoms with Crippen molar-refractivity contribution in [3.05, 3.63) is 82.5 Å². The third-order valence-electron chi connectivity index (χ3n) is 5.17. The predicted octanol–water partition coefficient (Wildman–Crippen LogP) is 4.61. The lowest BCUT2D eigenvalue weighted by molar-refractivity contribution is 0.577. The first-order valence-corrected chi connectivity index (χ1v) is 9.27. The summed E-state index contributed by atoms with van der Waals surface area (Å²) in [7, 11) is 0. The van der Waals surface area contributed by atoms with Gasteiger partial charge in [0.2, 0.25) is 0 Å². The minimum Gasteiger partial charge on any atom is -0.313 e. The van der Waals surface area contributed by atoms with E-state index < -0.39 is 0 Å². The number of aryl methyl sites for hydroxylation is 1. The van der Waals surface area contributed by atoms with Gasteiger partial charge in [-0.05, 0) is 66.4 Å². The van der Waals surface area contributed by atoms with E-state index in [1.165, 1.54) is 6.07 Å². The van der Waals surface area contributed by atoms with E-state index in [1.54, 1.807) is 24.3 Å². The molecule has 0 saturated heterocycles. The zero-order valence-corrected chi connectivity index (χ0v) is 15.2. The van der Waals surface area contributed by atoms with Crippen molar-refractivity contribution in [2.45, 2.75) is 32.2 Å². The van der Waals surface area contributed by atoms with Crippen LogP contribution in [0.4, 0.5) is 8.78 Å². The van der Waals surface area contributed by atoms with E-state index in [0.29, 0.717) is 23.4 Å². The Balaban J connectivity index is 1.80. The fourth-order valence-electron chi connectivity index (χ4n) is 3.71. The molecule has 5 heteroatoms. The summed E-state index contributed by atoms with van der Waals surface area (Å²) in [6.45, 7) is 3.37. The molecule has 0 amide bonds. The van der Waals surface area contributed by atoms with Crippen LogP contribution in [0.3, 0.4) is 0 Å². The lowest BCUT2D eigenvalue weighted by Gasteiger charge is -2.19. The molecule has 1 aliphatic heterocycles. The first-order valence-electron chi connectivity index (χ1n) is 9.27. The molecule has 0 bridgehead atoms. The molecule has 1 aliphatic rings. The Bertz CT molecular complexity index is 954. The third kappa shape index (κ3) is 3.47. The first kappa shape index (κ1) is 17.7. The maximum Gasteiger partial charge on any atom is 0.132 e. The lowest BCUT2D eigenvalue weighted by atomic mass is 9.85. The van der Waals surface area contributed by atoms with E-state index in [1.807, 2.05) is 25.1 Å². The van der Waals surface area contributed by atoms with Crippen LogP contribution in [0.2, 0.25) is 0 Å². The molecule has 2 heterocycles. The van der Waals surface area contributed by atoms with E-state index >= 15 is 0 Å². The molecule has 1 unspecified atom stereocenters. The van der Waals surface area contributed by atoms with E-state index in [4.69, 9.17) is 0 Å². The minimum atomic E-state index is -0.351. The fourth-order valence-corrected chi connectivity index (χ4v) is 3.71. The predicted molar refractivity (Wildman–Crippen MR) is 101 cm³/mol. The van der Waals surface area contributed by atoms with Crippen LogP contribution in [0.15, 0.2) is 48.5 Å². The summed E-state index contributed by atoms with van der Waals surface area (Å²) in [6.07, 6.45) is 1.51. The summed E-state index contributed by atoms with van der Waals surface area (Å²) in [5.41, 5.74) is 4.24. The highest BCUT2D eigenvalue weighted by molar-refractivity contribution is 5.62. The van der Waals surface area contributed by atoms with Crippen molar-refractivity contribution in [2.75, 3.05) is 6.54 Å². The van der Waals surface area contributed by atoms with Gasteiger partial charge in [0.1, 0.15) is 11.6 Å². The average Bonchev–Trinajstić information content (AvgIpc) is 2.90. The molecule has 1 N–H and O–H groups in total. The van der Waals surface area contributed by atoms with Gasteiger partial charge >= 0.3 is 0 Å². The number of nitrogens with one attached hydrogen (secondary N) is 1. The van der Waals surface area contributed by atoms with E-state index in [9.17, 15) is 8.78 Å². The number of benzene rings is 2. The average molecular weight is 365 g/mol. The minimum absolute atomic E-state index is 0.173. The SMILES string of the molecule is CCc1ccc(-c2cc3c(cc2F)C(c2ccccc2F)CCNC3)nn1. The Hall–Kier alpha value is -2.66. The van der Waals surface area contributed by atoms with Crippen LogP contribution in [0, 0.1) is 11.6 Å². The van der Waals surface area contributed by atoms with Gasteiger partial charge in [0.05, 0.1) is 11.4 Å². The molecule has 0 aliphatic carbocycles. The summed E-state index contributed by atoms with van der Waals surface area (Å²) in [5, 5.41) is 11.7. The van der Waals surface area contributed by atoms with Crippen molar-refractivity contribution < 1.29 is 8.78 Å². The van der Waals surface area contributed by atoms with Crippen molar-refractivity contribution in [3.8, 4) is 11.3 Å². The number of hydrogen-bond acceptors (Lipinski definition) is 3. The quantitative estimate of drug-likeness (QED) is 0.737. The Morgan fingerprint density at radius 3 is 2.59 bits per heavy atom. The monoisotopic (exact) mass is 365 g/mol. The van der Waals surface area contributed by atoms with Crippen LogP contribution in [-0.2, 0) is 13.0 Å². The molecule has 0 spiro atoms. The summed E-state index contributed by atoms with van der Waals surface area (Å²) in [6, 6.07) is 13.8. The van der Waals surface area contributed by atoms with Gasteiger partial charge in [0.15, 0.2) is 0 Å². The topological polar surface area (TPSA) is 37.8 Å². The second-order valence-corrected chi connectivity index (χ2v) is 6.83. The number of nitrogens with zero attached hydrogens (tertiary/aromatic N) is 2. The van der Waals surface area contributed by atoms with Gasteiger partial charge in [-0.15, -0.1) is 0 Å². The lowest BCUT2D eigenvalue weighted by Crippen LogP contribution is -2.12. The molecule has 3 nitrogen and oxygen atoms in total. The number of fused-ring (bicyclic) bond motifs is 1. The second kappa shape index (κ2) is 7.53. The molecule has 3 aromatic rings. The number of aromatic nitrogens is 2. The number of halogens is 2. The van der Waals surface area contributed by atoms with Gasteiger partial charge in [-0.3, -0.25) is 0 Å². The highest BCUT2D eigenvalue weighted by atomic mass is 19.1. The van der Waals surface area contributed by atoms with E-state index in [2.05, 4.69) is 15.5 Å². The number of hydrogen-bond donors (Lipinski definition) is 1. The third-order valence-corrected chi connectivity index (χ3v) is 5.17. The van der Waals surface area contributed by atoms with E-state index in [0.717, 1.165) is 36.2 Å². The van der Waals surface area contributed by atoms with Gasteiger partial charge in [-0.2, -0.15) is 10.2 Å². The molecule has 0 radical (unpaired) electrons. The second-order valence-electron chi connectivity index (χ2n) is 6.83. The molecule has 2 aromatic carbocycles. The molecular weight excluding hydrogens is 344 g/mol. The van der Waals surface area contributed by atoms with Crippen molar-refractivity contribution >= 4 is 0 Å². The van der Waals surface area contributed by atoms with Crippen LogP contribution >= 0.6 is 0 Å². The number of rotatable bonds is 3. The first-order chi connectivity index (χ1) is 13.2. The Kier molecular flexibility index (Phi) is 4.94. The van der Waals surface area contributed by atoms with Crippen LogP contribution in [0.5, 0.6) is 0 Å². The molecule has 1 atom stereocenters. The highest BCUT2D eigenvalue weighted by Crippen LogP contribution is 2.36. The summed E-state index contributed by atoms with van der Waals surface area (Å²) < 4.78 is 29.4. The Morgan fingerprint density at radius 2 is 1.85 bits per heavy atom. The zero-order chi connectivity index (χ0) is 18.8. The normalized spacial score (nSPS) is 16.6. The smallest absolute Gasteiger partial charge is 0.132 e. The maximum atomic E-state index is 15.0. The zero-order valence-electron chi connectivity index (χ0n) is 15.2. The van der Waals surface area contributed by atoms with Crippen LogP contribution < -0.4 is 5.32 Å². The fraction of sp³-hybridized carbons (Fsp3) is 0.273. The largest absolute Gasteiger partial charge is 0.313 e. The standard InChI is InChI=1S/C22H21F2N3/c1-2-15-7-8-22(27-26-15)19-11-14-13-25-10-9-16(18(14)12-21(19)24)17-5-3-4-6-20(17)23/h3-8,11-12,16,25H,2,9-10,13H2,1H3. The van der Waals surface area contributed by atoms with Gasteiger partial charge in [-0.25, -0.2) is 8.78 Å². The van der Waals surface area contributed by atoms with Gasteiger partial charge < -0.3 is 5.32 Å². The summed E-state index contributed by atoms with van der Waals surface area (Å²) >= 11 is 0. The van der Waals surface area contributed by atoms with Crippen molar-refractivity contribution in [2.24, 2.45) is 0 Å². The van der Waals surface area contributed by atoms with Gasteiger partial charge in [0.25, 0.3) is 0 Å². The molecule has 4 rings (SSSR count).